The quantitative estimate of drug-likeness (QED) is 0.516. The molecule has 0 unspecified atom stereocenters. The Labute approximate surface area is 41.2 Å². The average molecular weight is 160 g/mol. The molecule has 0 aromatic rings. The highest BCUT2D eigenvalue weighted by Gasteiger charge is 2.63. The Morgan fingerprint density at radius 2 is 1.00 bits per heavy atom. The average Bonchev–Trinajstić information content (AvgIpc) is 1.30. The van der Waals surface area contributed by atoms with Gasteiger partial charge in [0.2, 0.25) is 6.01 Å². The summed E-state index contributed by atoms with van der Waals surface area (Å²) in [6, 6.07) is -3.51. The van der Waals surface area contributed by atoms with Gasteiger partial charge in [-0.1, -0.05) is 19.4 Å². The molecule has 0 amide bonds. The molecule has 0 N–H and O–H groups in total. The van der Waals surface area contributed by atoms with E-state index in [-0.39, 0.29) is 0 Å². The van der Waals surface area contributed by atoms with Crippen LogP contribution in [-0.4, -0.2) is 6.01 Å². The molecule has 0 aromatic heterocycles. The van der Waals surface area contributed by atoms with Crippen molar-refractivity contribution in [2.45, 2.75) is 0 Å². The molecule has 0 heterocycles. The first-order chi connectivity index (χ1) is 3.04. The van der Waals surface area contributed by atoms with E-state index in [1.54, 1.807) is 0 Å². The second kappa shape index (κ2) is 0.960. The van der Waals surface area contributed by atoms with Crippen molar-refractivity contribution < 1.29 is 23.8 Å². The second-order valence-corrected chi connectivity index (χ2v) is 3.71. The van der Waals surface area contributed by atoms with E-state index in [0.717, 1.165) is 0 Å². The topological polar surface area (TPSA) is 0 Å². The molecule has 0 aromatic carbocycles. The third-order valence-corrected chi connectivity index (χ3v) is 0.619. The summed E-state index contributed by atoms with van der Waals surface area (Å²) in [4.78, 5) is 0. The molecule has 8 heavy (non-hydrogen) atoms. The number of hydrogen-bond donors (Lipinski definition) is 0. The lowest BCUT2D eigenvalue weighted by Gasteiger charge is -2.36. The number of halogens is 6. The van der Waals surface area contributed by atoms with Crippen LogP contribution in [0.15, 0.2) is 0 Å². The van der Waals surface area contributed by atoms with Gasteiger partial charge in [0.25, 0.3) is 0 Å². The summed E-state index contributed by atoms with van der Waals surface area (Å²) in [6.45, 7) is 0. The van der Waals surface area contributed by atoms with Crippen LogP contribution in [0, 0.1) is 0 Å². The molecule has 0 nitrogen and oxygen atoms in total. The highest BCUT2D eigenvalue weighted by Crippen LogP contribution is 2.97. The van der Waals surface area contributed by atoms with E-state index in [0.29, 0.717) is 0 Å². The van der Waals surface area contributed by atoms with Crippen molar-refractivity contribution >= 4 is 10.2 Å². The molecule has 0 rings (SSSR count). The highest BCUT2D eigenvalue weighted by molar-refractivity contribution is 8.45. The molecule has 0 bridgehead atoms. The van der Waals surface area contributed by atoms with Crippen molar-refractivity contribution in [2.75, 3.05) is 6.01 Å². The molecule has 54 valence electrons. The molecule has 7 heteroatoms. The van der Waals surface area contributed by atoms with Crippen LogP contribution >= 0.6 is 10.2 Å². The van der Waals surface area contributed by atoms with Gasteiger partial charge in [0.05, 0.1) is 0 Å². The summed E-state index contributed by atoms with van der Waals surface area (Å²) in [5.41, 5.74) is 0. The normalized spacial score (nSPS) is 21.8. The SMILES string of the molecule is FCS(F)(F)(F)(F)F. The lowest BCUT2D eigenvalue weighted by Crippen LogP contribution is -2.06. The van der Waals surface area contributed by atoms with E-state index < -0.39 is 16.2 Å². The molecule has 0 fully saturated rings. The second-order valence-electron chi connectivity index (χ2n) is 1.24. The van der Waals surface area contributed by atoms with Crippen LogP contribution < -0.4 is 0 Å². The lowest BCUT2D eigenvalue weighted by atomic mass is 11.8. The summed E-state index contributed by atoms with van der Waals surface area (Å²) in [5, 5.41) is 0. The summed E-state index contributed by atoms with van der Waals surface area (Å²) in [6.07, 6.45) is 0. The minimum atomic E-state index is -9.67. The maximum absolute atomic E-state index is 10.6. The fourth-order valence-electron chi connectivity index (χ4n) is 0. The Morgan fingerprint density at radius 1 is 0.875 bits per heavy atom. The molecule has 0 spiro atoms. The van der Waals surface area contributed by atoms with E-state index in [1.165, 1.54) is 0 Å². The van der Waals surface area contributed by atoms with Crippen molar-refractivity contribution in [2.24, 2.45) is 0 Å². The number of hydrogen-bond acceptors (Lipinski definition) is 0. The summed E-state index contributed by atoms with van der Waals surface area (Å²) < 4.78 is 63.3. The smallest absolute Gasteiger partial charge is 0.229 e. The number of rotatable bonds is 1. The van der Waals surface area contributed by atoms with Crippen molar-refractivity contribution in [3.05, 3.63) is 0 Å². The van der Waals surface area contributed by atoms with Gasteiger partial charge >= 0.3 is 10.2 Å². The van der Waals surface area contributed by atoms with Crippen LogP contribution in [0.1, 0.15) is 0 Å². The Bertz CT molecular complexity index is 91.7. The fourth-order valence-corrected chi connectivity index (χ4v) is 0. The van der Waals surface area contributed by atoms with E-state index in [1.807, 2.05) is 0 Å². The Morgan fingerprint density at radius 3 is 1.00 bits per heavy atom. The monoisotopic (exact) mass is 160 g/mol. The molecule has 0 aliphatic rings. The van der Waals surface area contributed by atoms with Crippen molar-refractivity contribution in [3.8, 4) is 0 Å². The maximum atomic E-state index is 10.6. The molecule has 0 saturated heterocycles. The van der Waals surface area contributed by atoms with E-state index in [9.17, 15) is 23.8 Å². The molecular formula is CH2F6S. The Balaban J connectivity index is 4.50. The predicted octanol–water partition coefficient (Wildman–Crippen LogP) is 3.21. The molecule has 0 aliphatic heterocycles. The third-order valence-electron chi connectivity index (χ3n) is 0.206. The van der Waals surface area contributed by atoms with E-state index in [4.69, 9.17) is 0 Å². The summed E-state index contributed by atoms with van der Waals surface area (Å²) in [5.74, 6) is 0. The molecular weight excluding hydrogens is 158 g/mol. The zero-order valence-electron chi connectivity index (χ0n) is 3.38. The van der Waals surface area contributed by atoms with Crippen LogP contribution in [0.5, 0.6) is 0 Å². The summed E-state index contributed by atoms with van der Waals surface area (Å²) in [7, 11) is -9.67. The first kappa shape index (κ1) is 7.93. The van der Waals surface area contributed by atoms with E-state index in [2.05, 4.69) is 0 Å². The van der Waals surface area contributed by atoms with Crippen LogP contribution in [0.2, 0.25) is 0 Å². The van der Waals surface area contributed by atoms with Crippen LogP contribution in [-0.2, 0) is 0 Å². The highest BCUT2D eigenvalue weighted by atomic mass is 32.5. The van der Waals surface area contributed by atoms with E-state index >= 15 is 0 Å². The van der Waals surface area contributed by atoms with Crippen LogP contribution in [0.4, 0.5) is 23.8 Å². The van der Waals surface area contributed by atoms with Gasteiger partial charge in [-0.3, -0.25) is 0 Å². The minimum Gasteiger partial charge on any atom is -0.229 e. The molecule has 0 saturated carbocycles. The Kier molecular flexibility index (Phi) is 0.952. The van der Waals surface area contributed by atoms with Gasteiger partial charge < -0.3 is 0 Å². The van der Waals surface area contributed by atoms with Gasteiger partial charge in [0, 0.05) is 0 Å². The van der Waals surface area contributed by atoms with Gasteiger partial charge in [-0.2, -0.15) is 0 Å². The zero-order chi connectivity index (χ0) is 7.12. The van der Waals surface area contributed by atoms with Crippen molar-refractivity contribution in [3.63, 3.8) is 0 Å². The van der Waals surface area contributed by atoms with Gasteiger partial charge in [-0.15, -0.1) is 0 Å². The number of alkyl halides is 1. The largest absolute Gasteiger partial charge is 0.311 e. The van der Waals surface area contributed by atoms with Gasteiger partial charge in [-0.25, -0.2) is 4.39 Å². The Hall–Kier alpha value is -0.0700. The van der Waals surface area contributed by atoms with Gasteiger partial charge in [0.15, 0.2) is 0 Å². The zero-order valence-corrected chi connectivity index (χ0v) is 4.20. The molecule has 0 aliphatic carbocycles. The van der Waals surface area contributed by atoms with Gasteiger partial charge in [-0.05, 0) is 0 Å². The first-order valence-corrected chi connectivity index (χ1v) is 3.45. The summed E-state index contributed by atoms with van der Waals surface area (Å²) >= 11 is 0. The van der Waals surface area contributed by atoms with Crippen LogP contribution in [0.3, 0.4) is 0 Å². The van der Waals surface area contributed by atoms with Crippen molar-refractivity contribution in [1.29, 1.82) is 0 Å². The van der Waals surface area contributed by atoms with Gasteiger partial charge in [0.1, 0.15) is 0 Å². The first-order valence-electron chi connectivity index (χ1n) is 1.33. The fraction of sp³-hybridized carbons (Fsp3) is 1.00. The standard InChI is InChI=1S/CH2F6S/c2-1-8(3,4,5,6)7/h1H2. The van der Waals surface area contributed by atoms with Crippen molar-refractivity contribution in [1.82, 2.24) is 0 Å². The maximum Gasteiger partial charge on any atom is 0.311 e. The molecule has 0 radical (unpaired) electrons. The predicted molar refractivity (Wildman–Crippen MR) is 19.1 cm³/mol. The molecule has 0 atom stereocenters. The third kappa shape index (κ3) is 5.93. The lowest BCUT2D eigenvalue weighted by molar-refractivity contribution is 0.329. The van der Waals surface area contributed by atoms with Crippen LogP contribution in [0.25, 0.3) is 0 Å². The minimum absolute atomic E-state index is 3.51.